The minimum Gasteiger partial charge on any atom is -0.302 e. The number of anilines is 1. The van der Waals surface area contributed by atoms with E-state index in [1.54, 1.807) is 34.5 Å². The number of amides is 1. The van der Waals surface area contributed by atoms with Gasteiger partial charge in [0.25, 0.3) is 0 Å². The Morgan fingerprint density at radius 2 is 1.72 bits per heavy atom. The summed E-state index contributed by atoms with van der Waals surface area (Å²) >= 11 is 3.02. The number of halogens is 1. The predicted octanol–water partition coefficient (Wildman–Crippen LogP) is 5.38. The first-order valence-electron chi connectivity index (χ1n) is 10.1. The highest BCUT2D eigenvalue weighted by atomic mass is 32.2. The van der Waals surface area contributed by atoms with E-state index in [4.69, 9.17) is 0 Å². The fourth-order valence-electron chi connectivity index (χ4n) is 3.75. The highest BCUT2D eigenvalue weighted by molar-refractivity contribution is 8.00. The van der Waals surface area contributed by atoms with Gasteiger partial charge in [-0.05, 0) is 29.8 Å². The van der Waals surface area contributed by atoms with E-state index < -0.39 is 0 Å². The lowest BCUT2D eigenvalue weighted by atomic mass is 10.1. The smallest absolute Gasteiger partial charge is 0.238 e. The third-order valence-electron chi connectivity index (χ3n) is 5.24. The Balaban J connectivity index is 1.42. The maximum Gasteiger partial charge on any atom is 0.238 e. The van der Waals surface area contributed by atoms with Gasteiger partial charge in [0.15, 0.2) is 5.16 Å². The second-order valence-electron chi connectivity index (χ2n) is 7.19. The fraction of sp³-hybridized carbons (Fsp3) is 0.125. The molecule has 0 unspecified atom stereocenters. The monoisotopic (exact) mass is 462 g/mol. The first kappa shape index (κ1) is 20.8. The van der Waals surface area contributed by atoms with Gasteiger partial charge in [0, 0.05) is 10.6 Å². The van der Waals surface area contributed by atoms with E-state index in [9.17, 15) is 9.18 Å². The van der Waals surface area contributed by atoms with Gasteiger partial charge in [-0.15, -0.1) is 22.0 Å². The Labute approximate surface area is 193 Å². The molecule has 5 rings (SSSR count). The minimum absolute atomic E-state index is 0.0281. The molecular weight excluding hydrogens is 443 g/mol. The molecule has 1 amide bonds. The second-order valence-corrected chi connectivity index (χ2v) is 9.20. The molecule has 0 saturated carbocycles. The predicted molar refractivity (Wildman–Crippen MR) is 126 cm³/mol. The van der Waals surface area contributed by atoms with Crippen LogP contribution in [-0.2, 0) is 4.79 Å². The van der Waals surface area contributed by atoms with E-state index in [-0.39, 0.29) is 23.5 Å². The number of carbonyl (C=O) groups is 1. The van der Waals surface area contributed by atoms with Gasteiger partial charge in [0.05, 0.1) is 23.2 Å². The number of thioether (sulfide) groups is 2. The lowest BCUT2D eigenvalue weighted by Crippen LogP contribution is -2.39. The normalized spacial score (nSPS) is 15.4. The van der Waals surface area contributed by atoms with Gasteiger partial charge in [-0.2, -0.15) is 0 Å². The zero-order valence-corrected chi connectivity index (χ0v) is 18.6. The first-order valence-corrected chi connectivity index (χ1v) is 12.1. The maximum atomic E-state index is 14.3. The second kappa shape index (κ2) is 9.18. The van der Waals surface area contributed by atoms with Crippen LogP contribution < -0.4 is 4.90 Å². The van der Waals surface area contributed by atoms with Crippen LogP contribution in [0.3, 0.4) is 0 Å². The summed E-state index contributed by atoms with van der Waals surface area (Å²) in [5, 5.41) is 8.50. The van der Waals surface area contributed by atoms with Crippen molar-refractivity contribution >= 4 is 35.1 Å². The molecule has 0 spiro atoms. The molecule has 2 heterocycles. The Kier molecular flexibility index (Phi) is 5.96. The van der Waals surface area contributed by atoms with E-state index in [1.807, 2.05) is 47.4 Å². The highest BCUT2D eigenvalue weighted by Crippen LogP contribution is 2.43. The van der Waals surface area contributed by atoms with Crippen LogP contribution in [0.1, 0.15) is 11.6 Å². The number of hydrogen-bond donors (Lipinski definition) is 0. The van der Waals surface area contributed by atoms with Crippen LogP contribution in [0.2, 0.25) is 0 Å². The van der Waals surface area contributed by atoms with Crippen LogP contribution in [0, 0.1) is 5.82 Å². The topological polar surface area (TPSA) is 51.0 Å². The average Bonchev–Trinajstić information content (AvgIpc) is 3.31. The summed E-state index contributed by atoms with van der Waals surface area (Å²) in [6.45, 7) is 0. The number of benzene rings is 3. The van der Waals surface area contributed by atoms with E-state index in [0.29, 0.717) is 10.8 Å². The molecule has 1 aliphatic rings. The molecule has 8 heteroatoms. The molecule has 0 aliphatic carbocycles. The van der Waals surface area contributed by atoms with Crippen LogP contribution in [0.25, 0.3) is 5.69 Å². The van der Waals surface area contributed by atoms with Gasteiger partial charge in [-0.25, -0.2) is 4.39 Å². The van der Waals surface area contributed by atoms with Crippen molar-refractivity contribution in [1.29, 1.82) is 0 Å². The molecule has 3 aromatic carbocycles. The molecule has 0 N–H and O–H groups in total. The van der Waals surface area contributed by atoms with Crippen LogP contribution in [0.5, 0.6) is 0 Å². The Hall–Kier alpha value is -3.10. The lowest BCUT2D eigenvalue weighted by molar-refractivity contribution is -0.116. The van der Waals surface area contributed by atoms with Crippen molar-refractivity contribution < 1.29 is 9.18 Å². The minimum atomic E-state index is -0.369. The number of aromatic nitrogens is 3. The summed E-state index contributed by atoms with van der Waals surface area (Å²) in [7, 11) is 0. The van der Waals surface area contributed by atoms with Crippen molar-refractivity contribution in [2.45, 2.75) is 16.1 Å². The Morgan fingerprint density at radius 3 is 2.53 bits per heavy atom. The fourth-order valence-corrected chi connectivity index (χ4v) is 5.70. The van der Waals surface area contributed by atoms with Crippen molar-refractivity contribution in [2.75, 3.05) is 16.4 Å². The maximum absolute atomic E-state index is 14.3. The molecule has 1 atom stereocenters. The number of rotatable bonds is 5. The van der Waals surface area contributed by atoms with Crippen LogP contribution in [0.4, 0.5) is 10.1 Å². The van der Waals surface area contributed by atoms with Gasteiger partial charge in [-0.1, -0.05) is 66.4 Å². The van der Waals surface area contributed by atoms with Crippen molar-refractivity contribution in [3.05, 3.63) is 96.6 Å². The standard InChI is InChI=1S/C24H19FN4OS2/c25-18-10-4-5-11-19(18)28-16-26-27-24(28)32-15-23(30)29-20-12-6-7-13-22(20)31-14-21(29)17-8-2-1-3-9-17/h1-13,16,21H,14-15H2/t21-/m1/s1. The summed E-state index contributed by atoms with van der Waals surface area (Å²) in [5.41, 5.74) is 2.37. The largest absolute Gasteiger partial charge is 0.302 e. The summed E-state index contributed by atoms with van der Waals surface area (Å²) in [6.07, 6.45) is 1.46. The van der Waals surface area contributed by atoms with Crippen molar-refractivity contribution in [3.8, 4) is 5.69 Å². The Morgan fingerprint density at radius 1 is 1.00 bits per heavy atom. The van der Waals surface area contributed by atoms with Crippen molar-refractivity contribution in [1.82, 2.24) is 14.8 Å². The van der Waals surface area contributed by atoms with Gasteiger partial charge >= 0.3 is 0 Å². The summed E-state index contributed by atoms with van der Waals surface area (Å²) < 4.78 is 15.8. The molecule has 0 saturated heterocycles. The number of fused-ring (bicyclic) bond motifs is 1. The van der Waals surface area contributed by atoms with Crippen LogP contribution in [-0.4, -0.2) is 32.2 Å². The summed E-state index contributed by atoms with van der Waals surface area (Å²) in [4.78, 5) is 16.5. The number of carbonyl (C=O) groups excluding carboxylic acids is 1. The SMILES string of the molecule is O=C(CSc1nncn1-c1ccccc1F)N1c2ccccc2SC[C@@H]1c1ccccc1. The molecule has 1 aliphatic heterocycles. The number of hydrogen-bond acceptors (Lipinski definition) is 5. The van der Waals surface area contributed by atoms with Gasteiger partial charge in [-0.3, -0.25) is 9.36 Å². The molecule has 0 bridgehead atoms. The molecule has 0 radical (unpaired) electrons. The quantitative estimate of drug-likeness (QED) is 0.373. The van der Waals surface area contributed by atoms with Crippen LogP contribution in [0.15, 0.2) is 95.2 Å². The van der Waals surface area contributed by atoms with E-state index in [1.165, 1.54) is 24.2 Å². The molecule has 1 aromatic heterocycles. The average molecular weight is 463 g/mol. The first-order chi connectivity index (χ1) is 15.7. The third kappa shape index (κ3) is 4.03. The molecule has 0 fully saturated rings. The lowest BCUT2D eigenvalue weighted by Gasteiger charge is -2.37. The summed E-state index contributed by atoms with van der Waals surface area (Å²) in [6, 6.07) is 24.4. The summed E-state index contributed by atoms with van der Waals surface area (Å²) in [5.74, 6) is 0.546. The van der Waals surface area contributed by atoms with E-state index in [0.717, 1.165) is 21.9 Å². The number of nitrogens with zero attached hydrogens (tertiary/aromatic N) is 4. The molecule has 4 aromatic rings. The molecular formula is C24H19FN4OS2. The molecule has 5 nitrogen and oxygen atoms in total. The number of para-hydroxylation sites is 2. The highest BCUT2D eigenvalue weighted by Gasteiger charge is 2.32. The molecule has 160 valence electrons. The van der Waals surface area contributed by atoms with E-state index >= 15 is 0 Å². The van der Waals surface area contributed by atoms with Crippen molar-refractivity contribution in [3.63, 3.8) is 0 Å². The van der Waals surface area contributed by atoms with Gasteiger partial charge in [0.2, 0.25) is 5.91 Å². The molecule has 32 heavy (non-hydrogen) atoms. The van der Waals surface area contributed by atoms with Gasteiger partial charge < -0.3 is 4.90 Å². The van der Waals surface area contributed by atoms with Gasteiger partial charge in [0.1, 0.15) is 12.1 Å². The third-order valence-corrected chi connectivity index (χ3v) is 7.31. The van der Waals surface area contributed by atoms with Crippen LogP contribution >= 0.6 is 23.5 Å². The van der Waals surface area contributed by atoms with E-state index in [2.05, 4.69) is 22.3 Å². The zero-order valence-electron chi connectivity index (χ0n) is 17.0. The zero-order chi connectivity index (χ0) is 21.9. The van der Waals surface area contributed by atoms with Crippen molar-refractivity contribution in [2.24, 2.45) is 0 Å². The Bertz CT molecular complexity index is 1250.